The summed E-state index contributed by atoms with van der Waals surface area (Å²) < 4.78 is 25.2. The van der Waals surface area contributed by atoms with Crippen LogP contribution < -0.4 is 10.6 Å². The fraction of sp³-hybridized carbons (Fsp3) is 0.211. The summed E-state index contributed by atoms with van der Waals surface area (Å²) in [5, 5.41) is 19.2. The number of nitrogens with one attached hydrogen (secondary N) is 2. The minimum absolute atomic E-state index is 0.00265. The Balaban J connectivity index is 1.40. The molecule has 4 aromatic carbocycles. The van der Waals surface area contributed by atoms with Crippen molar-refractivity contribution in [3.05, 3.63) is 150 Å². The van der Waals surface area contributed by atoms with Gasteiger partial charge in [-0.15, -0.1) is 0 Å². The van der Waals surface area contributed by atoms with Crippen LogP contribution in [0.15, 0.2) is 132 Å². The van der Waals surface area contributed by atoms with E-state index in [1.54, 1.807) is 91.0 Å². The lowest BCUT2D eigenvalue weighted by molar-refractivity contribution is -0.142. The summed E-state index contributed by atoms with van der Waals surface area (Å²) in [6.45, 7) is -0.0568. The number of ether oxygens (including phenoxy) is 1. The molecule has 0 spiro atoms. The second kappa shape index (κ2) is 17.2. The van der Waals surface area contributed by atoms with Gasteiger partial charge in [-0.3, -0.25) is 9.36 Å². The highest BCUT2D eigenvalue weighted by molar-refractivity contribution is 7.58. The van der Waals surface area contributed by atoms with Gasteiger partial charge in [-0.1, -0.05) is 126 Å². The molecule has 1 aromatic heterocycles. The first-order valence-electron chi connectivity index (χ1n) is 16.1. The van der Waals surface area contributed by atoms with Crippen LogP contribution in [0.5, 0.6) is 0 Å². The molecule has 1 heterocycles. The molecule has 11 nitrogen and oxygen atoms in total. The molecule has 4 N–H and O–H groups in total. The van der Waals surface area contributed by atoms with Crippen molar-refractivity contribution in [1.29, 1.82) is 0 Å². The van der Waals surface area contributed by atoms with Crippen LogP contribution in [-0.4, -0.2) is 51.1 Å². The second-order valence-corrected chi connectivity index (χ2v) is 14.4. The Morgan fingerprint density at radius 1 is 0.740 bits per heavy atom. The van der Waals surface area contributed by atoms with E-state index in [1.807, 2.05) is 36.4 Å². The van der Waals surface area contributed by atoms with Gasteiger partial charge in [0.05, 0.1) is 5.92 Å². The molecule has 0 saturated carbocycles. The fourth-order valence-corrected chi connectivity index (χ4v) is 7.44. The first-order chi connectivity index (χ1) is 24.2. The predicted molar refractivity (Wildman–Crippen MR) is 187 cm³/mol. The number of amides is 2. The quantitative estimate of drug-likeness (QED) is 0.0895. The molecule has 0 aliphatic rings. The van der Waals surface area contributed by atoms with Gasteiger partial charge in [-0.2, -0.15) is 0 Å². The molecule has 0 fully saturated rings. The number of aliphatic carboxylic acids is 1. The highest BCUT2D eigenvalue weighted by Crippen LogP contribution is 2.48. The SMILES string of the molecule is O=C(N[C@@H](Cc1ccccc1)P(=O)(O)C[C@H](Cc1cc(-c2ccccc2)no1)C(=O)NC(Cc1ccccc1)C(=O)O)OCc1ccccc1. The summed E-state index contributed by atoms with van der Waals surface area (Å²) in [5.41, 5.74) is 3.37. The van der Waals surface area contributed by atoms with Crippen LogP contribution >= 0.6 is 7.37 Å². The number of carboxylic acid groups (broad SMARTS) is 1. The predicted octanol–water partition coefficient (Wildman–Crippen LogP) is 6.08. The van der Waals surface area contributed by atoms with Crippen LogP contribution in [-0.2, 0) is 44.8 Å². The van der Waals surface area contributed by atoms with Crippen LogP contribution in [0.2, 0.25) is 0 Å². The van der Waals surface area contributed by atoms with Gasteiger partial charge in [0, 0.05) is 37.1 Å². The van der Waals surface area contributed by atoms with Crippen molar-refractivity contribution in [2.24, 2.45) is 5.92 Å². The summed E-state index contributed by atoms with van der Waals surface area (Å²) >= 11 is 0. The Kier molecular flexibility index (Phi) is 12.3. The summed E-state index contributed by atoms with van der Waals surface area (Å²) in [5.74, 6) is -4.33. The fourth-order valence-electron chi connectivity index (χ4n) is 5.45. The van der Waals surface area contributed by atoms with E-state index >= 15 is 0 Å². The number of hydrogen-bond donors (Lipinski definition) is 4. The molecule has 258 valence electrons. The van der Waals surface area contributed by atoms with Gasteiger partial charge in [-0.05, 0) is 16.7 Å². The molecule has 2 amide bonds. The van der Waals surface area contributed by atoms with E-state index in [1.165, 1.54) is 0 Å². The molecule has 5 rings (SSSR count). The highest BCUT2D eigenvalue weighted by Gasteiger charge is 2.39. The van der Waals surface area contributed by atoms with Gasteiger partial charge >= 0.3 is 12.1 Å². The van der Waals surface area contributed by atoms with E-state index < -0.39 is 49.2 Å². The van der Waals surface area contributed by atoms with Crippen molar-refractivity contribution >= 4 is 25.3 Å². The largest absolute Gasteiger partial charge is 0.480 e. The van der Waals surface area contributed by atoms with Crippen molar-refractivity contribution in [2.75, 3.05) is 6.16 Å². The number of alkyl carbamates (subject to hydrolysis) is 1. The summed E-state index contributed by atoms with van der Waals surface area (Å²) in [4.78, 5) is 50.8. The first kappa shape index (κ1) is 35.8. The number of rotatable bonds is 16. The van der Waals surface area contributed by atoms with E-state index in [-0.39, 0.29) is 31.6 Å². The number of carboxylic acids is 1. The van der Waals surface area contributed by atoms with Crippen molar-refractivity contribution < 1.29 is 38.2 Å². The Bertz CT molecular complexity index is 1890. The van der Waals surface area contributed by atoms with Gasteiger partial charge in [0.1, 0.15) is 29.9 Å². The molecule has 50 heavy (non-hydrogen) atoms. The third-order valence-corrected chi connectivity index (χ3v) is 10.3. The lowest BCUT2D eigenvalue weighted by atomic mass is 10.0. The first-order valence-corrected chi connectivity index (χ1v) is 18.0. The Morgan fingerprint density at radius 2 is 1.28 bits per heavy atom. The van der Waals surface area contributed by atoms with E-state index in [0.29, 0.717) is 16.8 Å². The van der Waals surface area contributed by atoms with Crippen LogP contribution in [0.3, 0.4) is 0 Å². The molecular weight excluding hydrogens is 657 g/mol. The normalized spacial score (nSPS) is 14.0. The van der Waals surface area contributed by atoms with Gasteiger partial charge in [0.25, 0.3) is 0 Å². The summed E-state index contributed by atoms with van der Waals surface area (Å²) in [6.07, 6.45) is -1.70. The average molecular weight is 696 g/mol. The highest BCUT2D eigenvalue weighted by atomic mass is 31.2. The average Bonchev–Trinajstić information content (AvgIpc) is 3.60. The lowest BCUT2D eigenvalue weighted by Crippen LogP contribution is -2.46. The Morgan fingerprint density at radius 3 is 1.86 bits per heavy atom. The molecule has 2 unspecified atom stereocenters. The van der Waals surface area contributed by atoms with Crippen LogP contribution in [0.1, 0.15) is 22.5 Å². The molecule has 12 heteroatoms. The maximum atomic E-state index is 14.3. The Labute approximate surface area is 289 Å². The minimum Gasteiger partial charge on any atom is -0.480 e. The monoisotopic (exact) mass is 695 g/mol. The molecule has 0 aliphatic carbocycles. The van der Waals surface area contributed by atoms with E-state index in [9.17, 15) is 28.9 Å². The van der Waals surface area contributed by atoms with Gasteiger partial charge in [0.2, 0.25) is 13.3 Å². The zero-order valence-electron chi connectivity index (χ0n) is 27.1. The molecule has 0 aliphatic heterocycles. The molecule has 5 aromatic rings. The number of hydrogen-bond acceptors (Lipinski definition) is 7. The number of carbonyl (C=O) groups is 3. The summed E-state index contributed by atoms with van der Waals surface area (Å²) in [7, 11) is -4.43. The van der Waals surface area contributed by atoms with Crippen LogP contribution in [0, 0.1) is 5.92 Å². The third kappa shape index (κ3) is 10.5. The Hall–Kier alpha value is -5.51. The van der Waals surface area contributed by atoms with E-state index in [0.717, 1.165) is 11.1 Å². The standard InChI is InChI=1S/C38H38N3O8P/c42-36(39-34(37(43)44)21-27-13-5-1-6-14-27)31(23-32-24-33(41-49-32)30-19-11-4-12-20-30)26-50(46,47)35(22-28-15-7-2-8-16-28)40-38(45)48-25-29-17-9-3-10-18-29/h1-20,24,31,34-35H,21-23,25-26H2,(H,39,42)(H,40,45)(H,43,44)(H,46,47)/t31-,34?,35+/m0/s1. The third-order valence-electron chi connectivity index (χ3n) is 8.08. The van der Waals surface area contributed by atoms with Gasteiger partial charge in [0.15, 0.2) is 0 Å². The molecule has 4 atom stereocenters. The van der Waals surface area contributed by atoms with Crippen molar-refractivity contribution in [3.63, 3.8) is 0 Å². The van der Waals surface area contributed by atoms with Crippen molar-refractivity contribution in [2.45, 2.75) is 37.7 Å². The summed E-state index contributed by atoms with van der Waals surface area (Å²) in [6, 6.07) is 36.2. The van der Waals surface area contributed by atoms with Crippen LogP contribution in [0.4, 0.5) is 4.79 Å². The topological polar surface area (TPSA) is 168 Å². The smallest absolute Gasteiger partial charge is 0.408 e. The molecular formula is C38H38N3O8P. The number of carbonyl (C=O) groups excluding carboxylic acids is 2. The van der Waals surface area contributed by atoms with Crippen LogP contribution in [0.25, 0.3) is 11.3 Å². The van der Waals surface area contributed by atoms with Crippen molar-refractivity contribution in [3.8, 4) is 11.3 Å². The van der Waals surface area contributed by atoms with Gasteiger partial charge < -0.3 is 29.9 Å². The minimum atomic E-state index is -4.43. The van der Waals surface area contributed by atoms with Gasteiger partial charge in [-0.25, -0.2) is 9.59 Å². The number of nitrogens with zero attached hydrogens (tertiary/aromatic N) is 1. The van der Waals surface area contributed by atoms with E-state index in [2.05, 4.69) is 15.8 Å². The zero-order valence-corrected chi connectivity index (χ0v) is 28.0. The number of aromatic nitrogens is 1. The maximum Gasteiger partial charge on any atom is 0.408 e. The molecule has 0 saturated heterocycles. The zero-order chi connectivity index (χ0) is 35.3. The molecule has 0 bridgehead atoms. The van der Waals surface area contributed by atoms with E-state index in [4.69, 9.17) is 9.26 Å². The lowest BCUT2D eigenvalue weighted by Gasteiger charge is -2.27. The van der Waals surface area contributed by atoms with Crippen molar-refractivity contribution in [1.82, 2.24) is 15.8 Å². The molecule has 0 radical (unpaired) electrons. The second-order valence-electron chi connectivity index (χ2n) is 11.9. The maximum absolute atomic E-state index is 14.3. The number of benzene rings is 4.